The molecule has 2 aliphatic rings. The molecule has 4 heteroatoms. The van der Waals surface area contributed by atoms with E-state index in [4.69, 9.17) is 0 Å². The lowest BCUT2D eigenvalue weighted by atomic mass is 9.72. The summed E-state index contributed by atoms with van der Waals surface area (Å²) in [7, 11) is 0. The number of carbonyl (C=O) groups excluding carboxylic acids is 1. The van der Waals surface area contributed by atoms with Crippen LogP contribution in [-0.2, 0) is 9.59 Å². The van der Waals surface area contributed by atoms with Gasteiger partial charge in [0.25, 0.3) is 0 Å². The number of hydrogen-bond acceptors (Lipinski definition) is 2. The van der Waals surface area contributed by atoms with Gasteiger partial charge in [0.1, 0.15) is 6.04 Å². The number of allylic oxidation sites excluding steroid dienone is 9. The molecule has 1 atom stereocenters. The molecule has 1 saturated heterocycles. The minimum absolute atomic E-state index is 0.223. The van der Waals surface area contributed by atoms with Crippen molar-refractivity contribution in [3.8, 4) is 0 Å². The molecule has 158 valence electrons. The number of hydrogen-bond donors (Lipinski definition) is 1. The first-order valence-electron chi connectivity index (χ1n) is 10.6. The van der Waals surface area contributed by atoms with E-state index < -0.39 is 12.0 Å². The molecule has 0 spiro atoms. The molecule has 2 rings (SSSR count). The van der Waals surface area contributed by atoms with Gasteiger partial charge >= 0.3 is 5.97 Å². The topological polar surface area (TPSA) is 57.6 Å². The largest absolute Gasteiger partial charge is 0.480 e. The van der Waals surface area contributed by atoms with Gasteiger partial charge in [0, 0.05) is 12.6 Å². The summed E-state index contributed by atoms with van der Waals surface area (Å²) in [6.45, 7) is 11.3. The number of rotatable bonds is 6. The predicted octanol–water partition coefficient (Wildman–Crippen LogP) is 5.59. The van der Waals surface area contributed by atoms with E-state index in [0.29, 0.717) is 13.0 Å². The molecule has 4 nitrogen and oxygen atoms in total. The summed E-state index contributed by atoms with van der Waals surface area (Å²) in [5.74, 6) is -1.14. The summed E-state index contributed by atoms with van der Waals surface area (Å²) in [6, 6.07) is -0.690. The Kier molecular flexibility index (Phi) is 7.83. The number of amides is 1. The smallest absolute Gasteiger partial charge is 0.326 e. The van der Waals surface area contributed by atoms with Gasteiger partial charge in [-0.25, -0.2) is 4.79 Å². The van der Waals surface area contributed by atoms with Crippen LogP contribution in [0.15, 0.2) is 58.7 Å². The van der Waals surface area contributed by atoms with Gasteiger partial charge < -0.3 is 10.0 Å². The molecule has 1 aliphatic carbocycles. The Morgan fingerprint density at radius 3 is 2.52 bits per heavy atom. The Labute approximate surface area is 175 Å². The van der Waals surface area contributed by atoms with Crippen molar-refractivity contribution in [2.45, 2.75) is 72.8 Å². The average molecular weight is 398 g/mol. The summed E-state index contributed by atoms with van der Waals surface area (Å²) in [5.41, 5.74) is 5.12. The molecule has 0 radical (unpaired) electrons. The zero-order chi connectivity index (χ0) is 21.6. The Morgan fingerprint density at radius 1 is 1.14 bits per heavy atom. The van der Waals surface area contributed by atoms with Gasteiger partial charge in [-0.05, 0) is 69.4 Å². The van der Waals surface area contributed by atoms with E-state index in [1.54, 1.807) is 0 Å². The van der Waals surface area contributed by atoms with Gasteiger partial charge in [-0.2, -0.15) is 0 Å². The normalized spacial score (nSPS) is 23.5. The van der Waals surface area contributed by atoms with E-state index in [1.807, 2.05) is 25.2 Å². The van der Waals surface area contributed by atoms with Crippen LogP contribution < -0.4 is 0 Å². The first kappa shape index (κ1) is 22.9. The zero-order valence-electron chi connectivity index (χ0n) is 18.5. The Balaban J connectivity index is 2.00. The highest BCUT2D eigenvalue weighted by molar-refractivity contribution is 5.92. The molecular weight excluding hydrogens is 362 g/mol. The first-order valence-corrected chi connectivity index (χ1v) is 10.6. The van der Waals surface area contributed by atoms with E-state index in [1.165, 1.54) is 41.4 Å². The molecule has 0 aromatic heterocycles. The van der Waals surface area contributed by atoms with E-state index in [9.17, 15) is 14.7 Å². The van der Waals surface area contributed by atoms with Crippen LogP contribution in [0.2, 0.25) is 0 Å². The maximum atomic E-state index is 12.4. The lowest BCUT2D eigenvalue weighted by Crippen LogP contribution is -2.39. The third kappa shape index (κ3) is 6.31. The Bertz CT molecular complexity index is 793. The van der Waals surface area contributed by atoms with Gasteiger partial charge in [0.05, 0.1) is 0 Å². The van der Waals surface area contributed by atoms with E-state index in [-0.39, 0.29) is 11.3 Å². The maximum absolute atomic E-state index is 12.4. The number of likely N-dealkylation sites (tertiary alicyclic amines) is 1. The number of nitrogens with zero attached hydrogens (tertiary/aromatic N) is 1. The molecule has 1 fully saturated rings. The zero-order valence-corrected chi connectivity index (χ0v) is 18.5. The van der Waals surface area contributed by atoms with Gasteiger partial charge in [-0.3, -0.25) is 4.79 Å². The predicted molar refractivity (Wildman–Crippen MR) is 118 cm³/mol. The summed E-state index contributed by atoms with van der Waals surface area (Å²) in [6.07, 6.45) is 16.7. The summed E-state index contributed by atoms with van der Waals surface area (Å²) in [4.78, 5) is 25.0. The van der Waals surface area contributed by atoms with Crippen molar-refractivity contribution in [2.24, 2.45) is 5.41 Å². The summed E-state index contributed by atoms with van der Waals surface area (Å²) >= 11 is 0. The van der Waals surface area contributed by atoms with Gasteiger partial charge in [-0.15, -0.1) is 0 Å². The van der Waals surface area contributed by atoms with Crippen LogP contribution in [0.4, 0.5) is 0 Å². The van der Waals surface area contributed by atoms with Crippen molar-refractivity contribution < 1.29 is 14.7 Å². The first-order chi connectivity index (χ1) is 13.6. The van der Waals surface area contributed by atoms with Crippen molar-refractivity contribution in [1.82, 2.24) is 4.90 Å². The van der Waals surface area contributed by atoms with Gasteiger partial charge in [0.15, 0.2) is 0 Å². The van der Waals surface area contributed by atoms with E-state index >= 15 is 0 Å². The highest BCUT2D eigenvalue weighted by Crippen LogP contribution is 2.40. The van der Waals surface area contributed by atoms with Crippen LogP contribution in [0.25, 0.3) is 0 Å². The van der Waals surface area contributed by atoms with Gasteiger partial charge in [-0.1, -0.05) is 55.4 Å². The highest BCUT2D eigenvalue weighted by Gasteiger charge is 2.32. The molecule has 1 aliphatic heterocycles. The van der Waals surface area contributed by atoms with Gasteiger partial charge in [0.2, 0.25) is 5.91 Å². The molecule has 1 amide bonds. The number of carboxylic acid groups (broad SMARTS) is 1. The van der Waals surface area contributed by atoms with Crippen LogP contribution in [0.5, 0.6) is 0 Å². The van der Waals surface area contributed by atoms with Crippen LogP contribution in [-0.4, -0.2) is 34.5 Å². The maximum Gasteiger partial charge on any atom is 0.326 e. The molecular formula is C25H35NO3. The van der Waals surface area contributed by atoms with Crippen LogP contribution in [0.3, 0.4) is 0 Å². The molecule has 1 N–H and O–H groups in total. The molecule has 0 unspecified atom stereocenters. The SMILES string of the molecule is CC(C=CC1=C(C)CCCC1(C)C)=CC=CC(C)=CC(=O)N1CCC[C@H]1C(=O)O. The third-order valence-corrected chi connectivity index (χ3v) is 5.95. The fourth-order valence-corrected chi connectivity index (χ4v) is 4.25. The monoisotopic (exact) mass is 397 g/mol. The second kappa shape index (κ2) is 9.91. The number of aliphatic carboxylic acids is 1. The molecule has 0 bridgehead atoms. The molecule has 1 heterocycles. The van der Waals surface area contributed by atoms with E-state index in [2.05, 4.69) is 39.8 Å². The van der Waals surface area contributed by atoms with Crippen molar-refractivity contribution in [2.75, 3.05) is 6.54 Å². The van der Waals surface area contributed by atoms with Crippen LogP contribution in [0, 0.1) is 5.41 Å². The minimum atomic E-state index is -0.922. The fraction of sp³-hybridized carbons (Fsp3) is 0.520. The average Bonchev–Trinajstić information content (AvgIpc) is 3.11. The van der Waals surface area contributed by atoms with Crippen molar-refractivity contribution in [3.63, 3.8) is 0 Å². The van der Waals surface area contributed by atoms with Crippen LogP contribution >= 0.6 is 0 Å². The fourth-order valence-electron chi connectivity index (χ4n) is 4.25. The summed E-state index contributed by atoms with van der Waals surface area (Å²) < 4.78 is 0. The Hall–Kier alpha value is -2.36. The number of carboxylic acids is 1. The second-order valence-corrected chi connectivity index (χ2v) is 8.95. The van der Waals surface area contributed by atoms with Crippen molar-refractivity contribution in [1.29, 1.82) is 0 Å². The third-order valence-electron chi connectivity index (χ3n) is 5.95. The second-order valence-electron chi connectivity index (χ2n) is 8.95. The lowest BCUT2D eigenvalue weighted by Gasteiger charge is -2.32. The minimum Gasteiger partial charge on any atom is -0.480 e. The molecule has 0 aromatic carbocycles. The molecule has 29 heavy (non-hydrogen) atoms. The van der Waals surface area contributed by atoms with E-state index in [0.717, 1.165) is 17.6 Å². The quantitative estimate of drug-likeness (QED) is 0.469. The molecule has 0 saturated carbocycles. The Morgan fingerprint density at radius 2 is 1.86 bits per heavy atom. The number of carbonyl (C=O) groups is 2. The van der Waals surface area contributed by atoms with Crippen molar-refractivity contribution >= 4 is 11.9 Å². The highest BCUT2D eigenvalue weighted by atomic mass is 16.4. The lowest BCUT2D eigenvalue weighted by molar-refractivity contribution is -0.146. The molecule has 0 aromatic rings. The van der Waals surface area contributed by atoms with Crippen molar-refractivity contribution in [3.05, 3.63) is 58.7 Å². The standard InChI is InChI=1S/C25H35NO3/c1-18(13-14-21-20(3)11-7-15-25(21,4)5)9-6-10-19(2)17-23(27)26-16-8-12-22(26)24(28)29/h6,9-10,13-14,17,22H,7-8,11-12,15-16H2,1-5H3,(H,28,29)/t22-/m0/s1. The summed E-state index contributed by atoms with van der Waals surface area (Å²) in [5, 5.41) is 9.22. The van der Waals surface area contributed by atoms with Crippen LogP contribution in [0.1, 0.15) is 66.7 Å².